The maximum absolute atomic E-state index is 12.8. The molecule has 0 heterocycles. The highest BCUT2D eigenvalue weighted by Gasteiger charge is 2.24. The third kappa shape index (κ3) is 14.0. The van der Waals surface area contributed by atoms with Crippen LogP contribution >= 0.6 is 0 Å². The van der Waals surface area contributed by atoms with Gasteiger partial charge in [-0.25, -0.2) is 19.4 Å². The molecule has 43 heavy (non-hydrogen) atoms. The summed E-state index contributed by atoms with van der Waals surface area (Å²) in [5.74, 6) is -0.921. The Hall–Kier alpha value is -3.52. The molecule has 2 aromatic rings. The summed E-state index contributed by atoms with van der Waals surface area (Å²) in [7, 11) is 0. The lowest BCUT2D eigenvalue weighted by Gasteiger charge is -2.30. The van der Waals surface area contributed by atoms with Gasteiger partial charge in [-0.3, -0.25) is 0 Å². The molecule has 0 saturated heterocycles. The highest BCUT2D eigenvalue weighted by molar-refractivity contribution is 5.91. The van der Waals surface area contributed by atoms with Gasteiger partial charge in [-0.05, 0) is 62.1 Å². The van der Waals surface area contributed by atoms with E-state index in [1.165, 1.54) is 6.08 Å². The average Bonchev–Trinajstić information content (AvgIpc) is 3.01. The van der Waals surface area contributed by atoms with Crippen LogP contribution in [0.3, 0.4) is 0 Å². The minimum atomic E-state index is -0.921. The maximum atomic E-state index is 12.8. The first-order valence-corrected chi connectivity index (χ1v) is 15.5. The molecule has 1 aliphatic rings. The standard InChI is InChI=1S/C29H40N2O5.C5H9NO/c1-3-4-16-30-29(34)31(20-23-11-6-5-7-12-23)17-18-35-25-14-9-15-26(19-25)36-21-24-13-8-10-22(2)27(24)28(32)33;1-2-3-4-6-5-7/h5-8,10-13,25-26H,3-4,9,14-21H2,1-2H3,(H,30,34)(H,32,33);2-4H2,1H3. The van der Waals surface area contributed by atoms with E-state index in [-0.39, 0.29) is 24.8 Å². The van der Waals surface area contributed by atoms with Crippen LogP contribution in [0.1, 0.15) is 92.3 Å². The number of aliphatic imine (C=N–C) groups is 1. The van der Waals surface area contributed by atoms with Crippen molar-refractivity contribution < 1.29 is 29.0 Å². The van der Waals surface area contributed by atoms with E-state index >= 15 is 0 Å². The topological polar surface area (TPSA) is 118 Å². The van der Waals surface area contributed by atoms with Gasteiger partial charge in [0.25, 0.3) is 0 Å². The molecule has 0 bridgehead atoms. The number of aromatic carboxylic acids is 1. The number of hydrogen-bond acceptors (Lipinski definition) is 6. The van der Waals surface area contributed by atoms with Crippen molar-refractivity contribution >= 4 is 18.1 Å². The second kappa shape index (κ2) is 21.2. The molecule has 1 saturated carbocycles. The number of unbranched alkanes of at least 4 members (excludes halogenated alkanes) is 2. The molecular weight excluding hydrogens is 546 g/mol. The van der Waals surface area contributed by atoms with Crippen LogP contribution in [-0.2, 0) is 27.4 Å². The van der Waals surface area contributed by atoms with Gasteiger partial charge in [-0.1, -0.05) is 75.2 Å². The molecule has 2 aromatic carbocycles. The SMILES string of the molecule is CCCCN=C=O.CCCCNC(=O)N(CCOC1CCCC(OCc2cccc(C)c2C(=O)O)C1)Cc1ccccc1. The summed E-state index contributed by atoms with van der Waals surface area (Å²) < 4.78 is 12.3. The Morgan fingerprint density at radius 2 is 1.74 bits per heavy atom. The predicted molar refractivity (Wildman–Crippen MR) is 168 cm³/mol. The fraction of sp³-hybridized carbons (Fsp3) is 0.559. The van der Waals surface area contributed by atoms with Gasteiger partial charge in [0.1, 0.15) is 0 Å². The smallest absolute Gasteiger partial charge is 0.336 e. The number of rotatable bonds is 16. The van der Waals surface area contributed by atoms with Crippen molar-refractivity contribution in [3.8, 4) is 0 Å². The fourth-order valence-electron chi connectivity index (χ4n) is 4.92. The van der Waals surface area contributed by atoms with Crippen molar-refractivity contribution in [2.75, 3.05) is 26.2 Å². The Morgan fingerprint density at radius 3 is 2.42 bits per heavy atom. The van der Waals surface area contributed by atoms with Crippen LogP contribution in [-0.4, -0.2) is 66.5 Å². The first kappa shape index (κ1) is 35.7. The van der Waals surface area contributed by atoms with Gasteiger partial charge in [-0.15, -0.1) is 0 Å². The van der Waals surface area contributed by atoms with Crippen LogP contribution in [0.25, 0.3) is 0 Å². The van der Waals surface area contributed by atoms with E-state index in [2.05, 4.69) is 24.2 Å². The third-order valence-electron chi connectivity index (χ3n) is 7.34. The minimum absolute atomic E-state index is 0.0312. The van der Waals surface area contributed by atoms with E-state index in [4.69, 9.17) is 9.47 Å². The first-order chi connectivity index (χ1) is 20.9. The summed E-state index contributed by atoms with van der Waals surface area (Å²) >= 11 is 0. The molecule has 1 aliphatic carbocycles. The van der Waals surface area contributed by atoms with E-state index in [0.717, 1.165) is 62.5 Å². The number of benzene rings is 2. The van der Waals surface area contributed by atoms with Gasteiger partial charge in [-0.2, -0.15) is 0 Å². The quantitative estimate of drug-likeness (QED) is 0.127. The summed E-state index contributed by atoms with van der Waals surface area (Å²) in [5, 5.41) is 12.6. The largest absolute Gasteiger partial charge is 0.478 e. The monoisotopic (exact) mass is 595 g/mol. The van der Waals surface area contributed by atoms with Crippen LogP contribution < -0.4 is 5.32 Å². The van der Waals surface area contributed by atoms with E-state index < -0.39 is 5.97 Å². The Balaban J connectivity index is 0.000000821. The number of carboxylic acid groups (broad SMARTS) is 1. The van der Waals surface area contributed by atoms with Crippen LogP contribution in [0.4, 0.5) is 4.79 Å². The average molecular weight is 596 g/mol. The fourth-order valence-corrected chi connectivity index (χ4v) is 4.92. The van der Waals surface area contributed by atoms with Crippen molar-refractivity contribution in [2.24, 2.45) is 4.99 Å². The Bertz CT molecular complexity index is 1140. The second-order valence-corrected chi connectivity index (χ2v) is 10.8. The number of ether oxygens (including phenoxy) is 2. The van der Waals surface area contributed by atoms with Crippen LogP contribution in [0.5, 0.6) is 0 Å². The van der Waals surface area contributed by atoms with Crippen molar-refractivity contribution in [3.63, 3.8) is 0 Å². The molecule has 0 aliphatic heterocycles. The van der Waals surface area contributed by atoms with Crippen LogP contribution in [0, 0.1) is 6.92 Å². The molecule has 236 valence electrons. The van der Waals surface area contributed by atoms with Crippen molar-refractivity contribution in [2.45, 2.75) is 97.5 Å². The molecule has 3 rings (SSSR count). The molecule has 2 amide bonds. The summed E-state index contributed by atoms with van der Waals surface area (Å²) in [4.78, 5) is 39.0. The van der Waals surface area contributed by atoms with Gasteiger partial charge in [0.2, 0.25) is 6.08 Å². The van der Waals surface area contributed by atoms with Crippen molar-refractivity contribution in [1.29, 1.82) is 0 Å². The van der Waals surface area contributed by atoms with E-state index in [1.807, 2.05) is 60.4 Å². The van der Waals surface area contributed by atoms with Crippen molar-refractivity contribution in [3.05, 3.63) is 70.8 Å². The zero-order chi connectivity index (χ0) is 31.3. The molecule has 0 radical (unpaired) electrons. The van der Waals surface area contributed by atoms with Gasteiger partial charge in [0.15, 0.2) is 0 Å². The lowest BCUT2D eigenvalue weighted by atomic mass is 9.94. The Kier molecular flexibility index (Phi) is 17.6. The Labute approximate surface area is 256 Å². The maximum Gasteiger partial charge on any atom is 0.336 e. The molecule has 2 N–H and O–H groups in total. The number of aryl methyl sites for hydroxylation is 1. The summed E-state index contributed by atoms with van der Waals surface area (Å²) in [6, 6.07) is 15.4. The molecule has 9 heteroatoms. The lowest BCUT2D eigenvalue weighted by molar-refractivity contribution is -0.0526. The first-order valence-electron chi connectivity index (χ1n) is 15.5. The second-order valence-electron chi connectivity index (χ2n) is 10.8. The highest BCUT2D eigenvalue weighted by atomic mass is 16.5. The zero-order valence-corrected chi connectivity index (χ0v) is 26.1. The van der Waals surface area contributed by atoms with Gasteiger partial charge >= 0.3 is 12.0 Å². The third-order valence-corrected chi connectivity index (χ3v) is 7.34. The van der Waals surface area contributed by atoms with Gasteiger partial charge < -0.3 is 24.8 Å². The van der Waals surface area contributed by atoms with Gasteiger partial charge in [0.05, 0.1) is 37.5 Å². The molecule has 0 aromatic heterocycles. The minimum Gasteiger partial charge on any atom is -0.478 e. The molecule has 9 nitrogen and oxygen atoms in total. The number of hydrogen-bond donors (Lipinski definition) is 2. The number of isocyanates is 1. The van der Waals surface area contributed by atoms with Gasteiger partial charge in [0, 0.05) is 19.6 Å². The number of amides is 2. The molecule has 2 unspecified atom stereocenters. The summed E-state index contributed by atoms with van der Waals surface area (Å²) in [6.07, 6.45) is 9.34. The van der Waals surface area contributed by atoms with E-state index in [9.17, 15) is 19.5 Å². The number of nitrogens with one attached hydrogen (secondary N) is 1. The molecule has 0 spiro atoms. The molecular formula is C34H49N3O6. The zero-order valence-electron chi connectivity index (χ0n) is 26.1. The van der Waals surface area contributed by atoms with Crippen molar-refractivity contribution in [1.82, 2.24) is 10.2 Å². The number of carbonyl (C=O) groups is 2. The summed E-state index contributed by atoms with van der Waals surface area (Å²) in [6.45, 7) is 9.09. The Morgan fingerprint density at radius 1 is 1.02 bits per heavy atom. The number of urea groups is 1. The highest BCUT2D eigenvalue weighted by Crippen LogP contribution is 2.25. The number of carboxylic acids is 1. The van der Waals surface area contributed by atoms with Crippen LogP contribution in [0.2, 0.25) is 0 Å². The van der Waals surface area contributed by atoms with E-state index in [1.54, 1.807) is 0 Å². The molecule has 2 atom stereocenters. The molecule has 1 fully saturated rings. The summed E-state index contributed by atoms with van der Waals surface area (Å²) in [5.41, 5.74) is 2.87. The number of carbonyl (C=O) groups excluding carboxylic acids is 2. The van der Waals surface area contributed by atoms with Crippen LogP contribution in [0.15, 0.2) is 53.5 Å². The predicted octanol–water partition coefficient (Wildman–Crippen LogP) is 6.67. The normalized spacial score (nSPS) is 15.9. The number of nitrogens with zero attached hydrogens (tertiary/aromatic N) is 2. The lowest BCUT2D eigenvalue weighted by Crippen LogP contribution is -2.42. The van der Waals surface area contributed by atoms with E-state index in [0.29, 0.717) is 43.9 Å².